The van der Waals surface area contributed by atoms with Gasteiger partial charge in [-0.1, -0.05) is 0 Å². The predicted octanol–water partition coefficient (Wildman–Crippen LogP) is 1.93. The molecule has 28 heavy (non-hydrogen) atoms. The molecular formula is C18H20N4O4S2. The van der Waals surface area contributed by atoms with Crippen LogP contribution in [0.1, 0.15) is 29.6 Å². The lowest BCUT2D eigenvalue weighted by Gasteiger charge is -2.24. The Hall–Kier alpha value is -2.46. The molecule has 1 aromatic heterocycles. The van der Waals surface area contributed by atoms with Crippen molar-refractivity contribution in [3.05, 3.63) is 41.4 Å². The van der Waals surface area contributed by atoms with Crippen LogP contribution in [-0.4, -0.2) is 55.0 Å². The van der Waals surface area contributed by atoms with Gasteiger partial charge in [-0.05, 0) is 43.5 Å². The highest BCUT2D eigenvalue weighted by Crippen LogP contribution is 2.26. The van der Waals surface area contributed by atoms with E-state index in [1.807, 2.05) is 0 Å². The van der Waals surface area contributed by atoms with Gasteiger partial charge < -0.3 is 10.2 Å². The molecule has 0 spiro atoms. The van der Waals surface area contributed by atoms with Crippen LogP contribution < -0.4 is 9.62 Å². The summed E-state index contributed by atoms with van der Waals surface area (Å²) in [5, 5.41) is 5.04. The zero-order valence-corrected chi connectivity index (χ0v) is 16.7. The quantitative estimate of drug-likeness (QED) is 0.815. The molecule has 2 saturated heterocycles. The van der Waals surface area contributed by atoms with Gasteiger partial charge in [-0.25, -0.2) is 13.4 Å². The van der Waals surface area contributed by atoms with E-state index in [0.29, 0.717) is 42.3 Å². The third kappa shape index (κ3) is 3.61. The van der Waals surface area contributed by atoms with Crippen LogP contribution in [-0.2, 0) is 14.8 Å². The third-order valence-corrected chi connectivity index (χ3v) is 7.54. The molecule has 2 aliphatic heterocycles. The first-order valence-electron chi connectivity index (χ1n) is 9.07. The van der Waals surface area contributed by atoms with Crippen LogP contribution in [0.15, 0.2) is 35.8 Å². The van der Waals surface area contributed by atoms with E-state index in [4.69, 9.17) is 0 Å². The fourth-order valence-electron chi connectivity index (χ4n) is 3.62. The minimum Gasteiger partial charge on any atom is -0.327 e. The fourth-order valence-corrected chi connectivity index (χ4v) is 5.72. The lowest BCUT2D eigenvalue weighted by atomic mass is 10.1. The topological polar surface area (TPSA) is 99.7 Å². The van der Waals surface area contributed by atoms with Crippen LogP contribution in [0.25, 0.3) is 0 Å². The summed E-state index contributed by atoms with van der Waals surface area (Å²) < 4.78 is 25.5. The number of thiazole rings is 1. The zero-order valence-electron chi connectivity index (χ0n) is 15.1. The van der Waals surface area contributed by atoms with Crippen molar-refractivity contribution in [1.29, 1.82) is 0 Å². The first kappa shape index (κ1) is 18.9. The van der Waals surface area contributed by atoms with Crippen molar-refractivity contribution in [1.82, 2.24) is 9.88 Å². The normalized spacial score (nSPS) is 21.1. The molecule has 2 aliphatic rings. The zero-order chi connectivity index (χ0) is 19.7. The summed E-state index contributed by atoms with van der Waals surface area (Å²) in [4.78, 5) is 31.1. The van der Waals surface area contributed by atoms with Crippen molar-refractivity contribution >= 4 is 44.0 Å². The minimum absolute atomic E-state index is 0.150. The monoisotopic (exact) mass is 420 g/mol. The van der Waals surface area contributed by atoms with Gasteiger partial charge >= 0.3 is 0 Å². The Morgan fingerprint density at radius 2 is 1.93 bits per heavy atom. The molecule has 1 unspecified atom stereocenters. The van der Waals surface area contributed by atoms with Crippen molar-refractivity contribution in [2.75, 3.05) is 28.5 Å². The molecule has 10 heteroatoms. The van der Waals surface area contributed by atoms with Gasteiger partial charge in [-0.3, -0.25) is 13.9 Å². The number of carbonyl (C=O) groups is 2. The van der Waals surface area contributed by atoms with Gasteiger partial charge in [0, 0.05) is 30.2 Å². The molecular weight excluding hydrogens is 400 g/mol. The van der Waals surface area contributed by atoms with E-state index in [1.165, 1.54) is 15.6 Å². The van der Waals surface area contributed by atoms with E-state index >= 15 is 0 Å². The summed E-state index contributed by atoms with van der Waals surface area (Å²) in [6, 6.07) is 6.02. The second-order valence-electron chi connectivity index (χ2n) is 6.77. The number of aromatic nitrogens is 1. The number of hydrogen-bond acceptors (Lipinski definition) is 6. The van der Waals surface area contributed by atoms with Crippen molar-refractivity contribution < 1.29 is 18.0 Å². The number of anilines is 2. The number of likely N-dealkylation sites (tertiary alicyclic amines) is 1. The standard InChI is InChI=1S/C18H20N4O4S2/c23-16(20-18-19-8-11-27-18)15-3-1-9-21(15)17(24)13-4-6-14(7-5-13)22-10-2-12-28(22,25)26/h4-8,11,15H,1-3,9-10,12H2,(H,19,20,23). The number of amides is 2. The Balaban J connectivity index is 1.48. The van der Waals surface area contributed by atoms with Crippen LogP contribution in [0, 0.1) is 0 Å². The second-order valence-corrected chi connectivity index (χ2v) is 9.68. The maximum Gasteiger partial charge on any atom is 0.254 e. The molecule has 0 bridgehead atoms. The first-order chi connectivity index (χ1) is 13.5. The molecule has 2 fully saturated rings. The van der Waals surface area contributed by atoms with Gasteiger partial charge in [0.15, 0.2) is 5.13 Å². The van der Waals surface area contributed by atoms with Crippen molar-refractivity contribution in [3.63, 3.8) is 0 Å². The average molecular weight is 421 g/mol. The second kappa shape index (κ2) is 7.51. The van der Waals surface area contributed by atoms with Crippen molar-refractivity contribution in [2.45, 2.75) is 25.3 Å². The van der Waals surface area contributed by atoms with Crippen LogP contribution in [0.4, 0.5) is 10.8 Å². The molecule has 148 valence electrons. The van der Waals surface area contributed by atoms with Crippen LogP contribution in [0.3, 0.4) is 0 Å². The molecule has 1 aromatic carbocycles. The Morgan fingerprint density at radius 1 is 1.14 bits per heavy atom. The van der Waals surface area contributed by atoms with E-state index in [0.717, 1.165) is 6.42 Å². The summed E-state index contributed by atoms with van der Waals surface area (Å²) in [6.45, 7) is 0.970. The molecule has 1 N–H and O–H groups in total. The summed E-state index contributed by atoms with van der Waals surface area (Å²) in [6.07, 6.45) is 3.57. The van der Waals surface area contributed by atoms with Gasteiger partial charge in [0.05, 0.1) is 11.4 Å². The van der Waals surface area contributed by atoms with Gasteiger partial charge in [0.25, 0.3) is 5.91 Å². The molecule has 0 radical (unpaired) electrons. The number of carbonyl (C=O) groups excluding carboxylic acids is 2. The van der Waals surface area contributed by atoms with E-state index in [-0.39, 0.29) is 17.6 Å². The van der Waals surface area contributed by atoms with Crippen LogP contribution in [0.2, 0.25) is 0 Å². The lowest BCUT2D eigenvalue weighted by molar-refractivity contribution is -0.119. The summed E-state index contributed by atoms with van der Waals surface area (Å²) >= 11 is 1.33. The Labute approximate surface area is 167 Å². The molecule has 0 saturated carbocycles. The molecule has 3 heterocycles. The summed E-state index contributed by atoms with van der Waals surface area (Å²) in [5.41, 5.74) is 1.00. The number of nitrogens with one attached hydrogen (secondary N) is 1. The van der Waals surface area contributed by atoms with Crippen LogP contribution in [0.5, 0.6) is 0 Å². The van der Waals surface area contributed by atoms with Crippen molar-refractivity contribution in [3.8, 4) is 0 Å². The Kier molecular flexibility index (Phi) is 5.07. The van der Waals surface area contributed by atoms with E-state index in [9.17, 15) is 18.0 Å². The molecule has 1 atom stereocenters. The fraction of sp³-hybridized carbons (Fsp3) is 0.389. The number of benzene rings is 1. The highest BCUT2D eigenvalue weighted by atomic mass is 32.2. The summed E-state index contributed by atoms with van der Waals surface area (Å²) in [5.74, 6) is -0.314. The lowest BCUT2D eigenvalue weighted by Crippen LogP contribution is -2.43. The Morgan fingerprint density at radius 3 is 2.57 bits per heavy atom. The van der Waals surface area contributed by atoms with E-state index in [1.54, 1.807) is 40.7 Å². The van der Waals surface area contributed by atoms with Crippen molar-refractivity contribution in [2.24, 2.45) is 0 Å². The van der Waals surface area contributed by atoms with Crippen LogP contribution >= 0.6 is 11.3 Å². The minimum atomic E-state index is -3.25. The maximum absolute atomic E-state index is 12.9. The molecule has 4 rings (SSSR count). The smallest absolute Gasteiger partial charge is 0.254 e. The third-order valence-electron chi connectivity index (χ3n) is 4.98. The SMILES string of the molecule is O=C(Nc1nccs1)C1CCCN1C(=O)c1ccc(N2CCCS2(=O)=O)cc1. The average Bonchev–Trinajstić information content (AvgIpc) is 3.41. The molecule has 2 aromatic rings. The maximum atomic E-state index is 12.9. The number of nitrogens with zero attached hydrogens (tertiary/aromatic N) is 3. The number of sulfonamides is 1. The number of hydrogen-bond donors (Lipinski definition) is 1. The molecule has 8 nitrogen and oxygen atoms in total. The van der Waals surface area contributed by atoms with Gasteiger partial charge in [0.1, 0.15) is 6.04 Å². The van der Waals surface area contributed by atoms with E-state index < -0.39 is 16.1 Å². The van der Waals surface area contributed by atoms with E-state index in [2.05, 4.69) is 10.3 Å². The summed E-state index contributed by atoms with van der Waals surface area (Å²) in [7, 11) is -3.25. The first-order valence-corrected chi connectivity index (χ1v) is 11.6. The largest absolute Gasteiger partial charge is 0.327 e. The highest BCUT2D eigenvalue weighted by molar-refractivity contribution is 7.93. The van der Waals surface area contributed by atoms with Gasteiger partial charge in [-0.2, -0.15) is 0 Å². The number of rotatable bonds is 4. The van der Waals surface area contributed by atoms with Gasteiger partial charge in [0.2, 0.25) is 15.9 Å². The van der Waals surface area contributed by atoms with Gasteiger partial charge in [-0.15, -0.1) is 11.3 Å². The Bertz CT molecular complexity index is 974. The predicted molar refractivity (Wildman–Crippen MR) is 107 cm³/mol. The molecule has 0 aliphatic carbocycles. The highest BCUT2D eigenvalue weighted by Gasteiger charge is 2.35. The molecule has 2 amide bonds.